The van der Waals surface area contributed by atoms with E-state index in [9.17, 15) is 9.59 Å². The Bertz CT molecular complexity index is 1120. The quantitative estimate of drug-likeness (QED) is 0.693. The van der Waals surface area contributed by atoms with Crippen LogP contribution in [0.1, 0.15) is 36.0 Å². The second kappa shape index (κ2) is 8.32. The first-order chi connectivity index (χ1) is 14.3. The number of aromatic nitrogens is 2. The Kier molecular flexibility index (Phi) is 5.75. The number of rotatable bonds is 4. The smallest absolute Gasteiger partial charge is 0.260 e. The van der Waals surface area contributed by atoms with Gasteiger partial charge in [-0.05, 0) is 32.3 Å². The molecule has 1 fully saturated rings. The van der Waals surface area contributed by atoms with E-state index in [2.05, 4.69) is 48.0 Å². The zero-order chi connectivity index (χ0) is 21.4. The number of fused-ring (bicyclic) bond motifs is 1. The minimum absolute atomic E-state index is 0.0684. The van der Waals surface area contributed by atoms with Crippen LogP contribution in [-0.2, 0) is 11.3 Å². The number of piperidine rings is 1. The average Bonchev–Trinajstić information content (AvgIpc) is 3.05. The Balaban J connectivity index is 1.56. The van der Waals surface area contributed by atoms with Crippen LogP contribution < -0.4 is 5.56 Å². The summed E-state index contributed by atoms with van der Waals surface area (Å²) in [6, 6.07) is 8.58. The second-order valence-electron chi connectivity index (χ2n) is 8.23. The maximum Gasteiger partial charge on any atom is 0.260 e. The van der Waals surface area contributed by atoms with Crippen LogP contribution in [-0.4, -0.2) is 51.9 Å². The first-order valence-electron chi connectivity index (χ1n) is 10.4. The van der Waals surface area contributed by atoms with Crippen LogP contribution in [0.15, 0.2) is 29.1 Å². The molecule has 1 saturated heterocycles. The number of nitrogens with one attached hydrogen (secondary N) is 1. The number of hydrogen-bond acceptors (Lipinski definition) is 5. The number of benzene rings is 1. The molecule has 0 radical (unpaired) electrons. The van der Waals surface area contributed by atoms with Crippen molar-refractivity contribution in [3.63, 3.8) is 0 Å². The van der Waals surface area contributed by atoms with Crippen LogP contribution in [0.3, 0.4) is 0 Å². The molecule has 1 amide bonds. The van der Waals surface area contributed by atoms with Crippen molar-refractivity contribution in [1.82, 2.24) is 19.8 Å². The van der Waals surface area contributed by atoms with Gasteiger partial charge in [0.15, 0.2) is 0 Å². The molecule has 1 aromatic carbocycles. The molecule has 3 heterocycles. The summed E-state index contributed by atoms with van der Waals surface area (Å²) in [6.07, 6.45) is 1.89. The molecule has 3 aromatic rings. The Morgan fingerprint density at radius 1 is 1.23 bits per heavy atom. The number of thiophene rings is 1. The molecule has 4 rings (SSSR count). The van der Waals surface area contributed by atoms with Crippen molar-refractivity contribution in [1.29, 1.82) is 0 Å². The van der Waals surface area contributed by atoms with Gasteiger partial charge in [-0.3, -0.25) is 14.5 Å². The normalized spacial score (nSPS) is 15.6. The summed E-state index contributed by atoms with van der Waals surface area (Å²) < 4.78 is 0. The first-order valence-corrected chi connectivity index (χ1v) is 11.2. The van der Waals surface area contributed by atoms with Crippen LogP contribution in [0.4, 0.5) is 0 Å². The Hall–Kier alpha value is -2.51. The summed E-state index contributed by atoms with van der Waals surface area (Å²) in [4.78, 5) is 38.4. The standard InChI is InChI=1S/C23H28N4O2S/c1-14-5-7-17(8-6-14)20-15(2)30-23-21(20)22(29)24-19(25-23)13-27-11-9-18(10-12-27)26(4)16(3)28/h5-8,18H,9-13H2,1-4H3,(H,24,25,29). The fourth-order valence-corrected chi connectivity index (χ4v) is 5.30. The van der Waals surface area contributed by atoms with Crippen molar-refractivity contribution in [2.75, 3.05) is 20.1 Å². The molecule has 0 atom stereocenters. The highest BCUT2D eigenvalue weighted by Crippen LogP contribution is 2.35. The van der Waals surface area contributed by atoms with Gasteiger partial charge >= 0.3 is 0 Å². The van der Waals surface area contributed by atoms with Crippen LogP contribution in [0, 0.1) is 13.8 Å². The summed E-state index contributed by atoms with van der Waals surface area (Å²) in [5, 5.41) is 0.687. The van der Waals surface area contributed by atoms with Gasteiger partial charge in [0, 0.05) is 43.5 Å². The van der Waals surface area contributed by atoms with E-state index in [1.165, 1.54) is 5.56 Å². The molecule has 2 aromatic heterocycles. The van der Waals surface area contributed by atoms with E-state index in [0.29, 0.717) is 23.8 Å². The molecule has 7 heteroatoms. The molecule has 1 aliphatic rings. The minimum atomic E-state index is -0.0684. The molecule has 158 valence electrons. The van der Waals surface area contributed by atoms with Crippen molar-refractivity contribution in [2.45, 2.75) is 46.2 Å². The van der Waals surface area contributed by atoms with Gasteiger partial charge in [-0.25, -0.2) is 4.98 Å². The van der Waals surface area contributed by atoms with E-state index in [1.54, 1.807) is 18.3 Å². The third kappa shape index (κ3) is 4.04. The SMILES string of the molecule is CC(=O)N(C)C1CCN(Cc2nc3sc(C)c(-c4ccc(C)cc4)c3c(=O)[nH]2)CC1. The highest BCUT2D eigenvalue weighted by atomic mass is 32.1. The third-order valence-electron chi connectivity index (χ3n) is 6.10. The van der Waals surface area contributed by atoms with Crippen molar-refractivity contribution >= 4 is 27.5 Å². The molecule has 1 aliphatic heterocycles. The molecule has 0 saturated carbocycles. The lowest BCUT2D eigenvalue weighted by Crippen LogP contribution is -2.44. The van der Waals surface area contributed by atoms with Gasteiger partial charge in [-0.15, -0.1) is 11.3 Å². The van der Waals surface area contributed by atoms with Gasteiger partial charge in [0.25, 0.3) is 5.56 Å². The maximum absolute atomic E-state index is 13.0. The number of amides is 1. The highest BCUT2D eigenvalue weighted by Gasteiger charge is 2.24. The zero-order valence-corrected chi connectivity index (χ0v) is 18.8. The highest BCUT2D eigenvalue weighted by molar-refractivity contribution is 7.19. The number of H-pyrrole nitrogens is 1. The summed E-state index contributed by atoms with van der Waals surface area (Å²) in [7, 11) is 1.88. The number of carbonyl (C=O) groups is 1. The third-order valence-corrected chi connectivity index (χ3v) is 7.10. The fraction of sp³-hybridized carbons (Fsp3) is 0.435. The topological polar surface area (TPSA) is 69.3 Å². The molecule has 0 bridgehead atoms. The number of likely N-dealkylation sites (tertiary alicyclic amines) is 1. The van der Waals surface area contributed by atoms with Crippen LogP contribution in [0.5, 0.6) is 0 Å². The first kappa shape index (κ1) is 20.8. The van der Waals surface area contributed by atoms with Crippen LogP contribution in [0.25, 0.3) is 21.3 Å². The number of carbonyl (C=O) groups excluding carboxylic acids is 1. The number of nitrogens with zero attached hydrogens (tertiary/aromatic N) is 3. The molecule has 1 N–H and O–H groups in total. The number of hydrogen-bond donors (Lipinski definition) is 1. The van der Waals surface area contributed by atoms with E-state index >= 15 is 0 Å². The lowest BCUT2D eigenvalue weighted by molar-refractivity contribution is -0.130. The molecular weight excluding hydrogens is 396 g/mol. The van der Waals surface area contributed by atoms with Crippen molar-refractivity contribution in [3.8, 4) is 11.1 Å². The summed E-state index contributed by atoms with van der Waals surface area (Å²) in [6.45, 7) is 8.13. The monoisotopic (exact) mass is 424 g/mol. The van der Waals surface area contributed by atoms with Gasteiger partial charge in [-0.2, -0.15) is 0 Å². The van der Waals surface area contributed by atoms with E-state index in [4.69, 9.17) is 4.98 Å². The van der Waals surface area contributed by atoms with Crippen molar-refractivity contribution < 1.29 is 4.79 Å². The second-order valence-corrected chi connectivity index (χ2v) is 9.43. The average molecular weight is 425 g/mol. The van der Waals surface area contributed by atoms with Gasteiger partial charge in [0.05, 0.1) is 11.9 Å². The molecule has 0 unspecified atom stereocenters. The van der Waals surface area contributed by atoms with Gasteiger partial charge < -0.3 is 9.88 Å². The van der Waals surface area contributed by atoms with Crippen molar-refractivity contribution in [3.05, 3.63) is 50.9 Å². The van der Waals surface area contributed by atoms with E-state index in [-0.39, 0.29) is 11.5 Å². The largest absolute Gasteiger partial charge is 0.343 e. The fourth-order valence-electron chi connectivity index (χ4n) is 4.24. The Labute approximate surface area is 180 Å². The predicted molar refractivity (Wildman–Crippen MR) is 122 cm³/mol. The number of aryl methyl sites for hydroxylation is 2. The molecule has 6 nitrogen and oxygen atoms in total. The Morgan fingerprint density at radius 3 is 2.53 bits per heavy atom. The molecule has 0 spiro atoms. The summed E-state index contributed by atoms with van der Waals surface area (Å²) >= 11 is 1.58. The Morgan fingerprint density at radius 2 is 1.90 bits per heavy atom. The van der Waals surface area contributed by atoms with E-state index in [1.807, 2.05) is 11.9 Å². The lowest BCUT2D eigenvalue weighted by Gasteiger charge is -2.36. The van der Waals surface area contributed by atoms with Gasteiger partial charge in [0.2, 0.25) is 5.91 Å². The van der Waals surface area contributed by atoms with Crippen molar-refractivity contribution in [2.24, 2.45) is 0 Å². The predicted octanol–water partition coefficient (Wildman–Crippen LogP) is 3.71. The molecule has 30 heavy (non-hydrogen) atoms. The van der Waals surface area contributed by atoms with E-state index in [0.717, 1.165) is 46.8 Å². The van der Waals surface area contributed by atoms with Crippen LogP contribution >= 0.6 is 11.3 Å². The van der Waals surface area contributed by atoms with Crippen LogP contribution in [0.2, 0.25) is 0 Å². The number of aromatic amines is 1. The summed E-state index contributed by atoms with van der Waals surface area (Å²) in [5.41, 5.74) is 3.18. The van der Waals surface area contributed by atoms with Gasteiger partial charge in [0.1, 0.15) is 10.7 Å². The maximum atomic E-state index is 13.0. The van der Waals surface area contributed by atoms with E-state index < -0.39 is 0 Å². The lowest BCUT2D eigenvalue weighted by atomic mass is 10.0. The minimum Gasteiger partial charge on any atom is -0.343 e. The molecular formula is C23H28N4O2S. The molecule has 0 aliphatic carbocycles. The summed E-state index contributed by atoms with van der Waals surface area (Å²) in [5.74, 6) is 0.824. The van der Waals surface area contributed by atoms with Gasteiger partial charge in [-0.1, -0.05) is 29.8 Å². The zero-order valence-electron chi connectivity index (χ0n) is 18.0.